The fourth-order valence-corrected chi connectivity index (χ4v) is 2.62. The quantitative estimate of drug-likeness (QED) is 0.491. The van der Waals surface area contributed by atoms with Crippen molar-refractivity contribution in [3.63, 3.8) is 0 Å². The van der Waals surface area contributed by atoms with E-state index < -0.39 is 0 Å². The van der Waals surface area contributed by atoms with Crippen LogP contribution in [0.3, 0.4) is 0 Å². The van der Waals surface area contributed by atoms with Crippen molar-refractivity contribution in [2.45, 2.75) is 0 Å². The molecular formula is C17H13N2O+. The van der Waals surface area contributed by atoms with E-state index in [1.807, 2.05) is 43.6 Å². The molecular weight excluding hydrogens is 248 g/mol. The average Bonchev–Trinajstić information content (AvgIpc) is 2.86. The van der Waals surface area contributed by atoms with Crippen molar-refractivity contribution >= 4 is 22.1 Å². The Hall–Kier alpha value is -2.68. The number of furan rings is 1. The molecule has 0 saturated heterocycles. The summed E-state index contributed by atoms with van der Waals surface area (Å²) in [5.41, 5.74) is 4.85. The van der Waals surface area contributed by atoms with E-state index in [9.17, 15) is 0 Å². The Morgan fingerprint density at radius 1 is 1.00 bits per heavy atom. The van der Waals surface area contributed by atoms with Crippen LogP contribution < -0.4 is 4.57 Å². The lowest BCUT2D eigenvalue weighted by molar-refractivity contribution is -0.660. The van der Waals surface area contributed by atoms with Crippen LogP contribution in [0.15, 0.2) is 65.3 Å². The number of benzene rings is 1. The van der Waals surface area contributed by atoms with Crippen molar-refractivity contribution < 1.29 is 8.98 Å². The third kappa shape index (κ3) is 1.53. The molecule has 0 N–H and O–H groups in total. The fraction of sp³-hybridized carbons (Fsp3) is 0.0588. The largest absolute Gasteiger partial charge is 0.453 e. The fourth-order valence-electron chi connectivity index (χ4n) is 2.62. The number of pyridine rings is 2. The van der Waals surface area contributed by atoms with E-state index in [4.69, 9.17) is 4.42 Å². The molecule has 3 heteroatoms. The molecule has 0 aliphatic rings. The molecule has 0 amide bonds. The van der Waals surface area contributed by atoms with Gasteiger partial charge in [-0.15, -0.1) is 0 Å². The number of nitrogens with zero attached hydrogens (tertiary/aromatic N) is 2. The normalized spacial score (nSPS) is 11.2. The van der Waals surface area contributed by atoms with Gasteiger partial charge in [0.25, 0.3) is 0 Å². The summed E-state index contributed by atoms with van der Waals surface area (Å²) in [4.78, 5) is 4.43. The predicted molar refractivity (Wildman–Crippen MR) is 78.1 cm³/mol. The maximum atomic E-state index is 6.02. The molecule has 0 radical (unpaired) electrons. The number of aryl methyl sites for hydroxylation is 1. The highest BCUT2D eigenvalue weighted by Crippen LogP contribution is 2.33. The summed E-state index contributed by atoms with van der Waals surface area (Å²) >= 11 is 0. The van der Waals surface area contributed by atoms with Gasteiger partial charge in [0.05, 0.1) is 5.56 Å². The SMILES string of the molecule is C[n+]1ccccc1-c1cccc2c1oc1cccnc12. The molecule has 0 unspecified atom stereocenters. The number of hydrogen-bond donors (Lipinski definition) is 0. The van der Waals surface area contributed by atoms with Crippen LogP contribution >= 0.6 is 0 Å². The minimum atomic E-state index is 0.827. The Labute approximate surface area is 116 Å². The molecule has 3 nitrogen and oxygen atoms in total. The maximum absolute atomic E-state index is 6.02. The molecule has 3 aromatic heterocycles. The van der Waals surface area contributed by atoms with Gasteiger partial charge in [0.1, 0.15) is 12.6 Å². The lowest BCUT2D eigenvalue weighted by Gasteiger charge is -2.00. The van der Waals surface area contributed by atoms with Gasteiger partial charge in [0.2, 0.25) is 5.69 Å². The van der Waals surface area contributed by atoms with E-state index in [1.165, 1.54) is 0 Å². The number of aromatic nitrogens is 2. The van der Waals surface area contributed by atoms with Crippen LogP contribution in [-0.2, 0) is 7.05 Å². The summed E-state index contributed by atoms with van der Waals surface area (Å²) in [6.07, 6.45) is 3.83. The molecule has 0 bridgehead atoms. The van der Waals surface area contributed by atoms with Crippen molar-refractivity contribution in [3.05, 3.63) is 60.9 Å². The van der Waals surface area contributed by atoms with Crippen molar-refractivity contribution in [2.24, 2.45) is 7.05 Å². The number of hydrogen-bond acceptors (Lipinski definition) is 2. The van der Waals surface area contributed by atoms with Crippen molar-refractivity contribution in [2.75, 3.05) is 0 Å². The van der Waals surface area contributed by atoms with E-state index in [0.717, 1.165) is 33.3 Å². The Morgan fingerprint density at radius 3 is 2.85 bits per heavy atom. The molecule has 4 rings (SSSR count). The zero-order chi connectivity index (χ0) is 13.5. The van der Waals surface area contributed by atoms with Crippen LogP contribution in [0.5, 0.6) is 0 Å². The highest BCUT2D eigenvalue weighted by atomic mass is 16.3. The molecule has 0 spiro atoms. The first-order chi connectivity index (χ1) is 9.84. The van der Waals surface area contributed by atoms with Crippen LogP contribution in [-0.4, -0.2) is 4.98 Å². The molecule has 1 aromatic carbocycles. The summed E-state index contributed by atoms with van der Waals surface area (Å²) in [5, 5.41) is 1.06. The van der Waals surface area contributed by atoms with Crippen molar-refractivity contribution in [1.29, 1.82) is 0 Å². The van der Waals surface area contributed by atoms with Crippen molar-refractivity contribution in [3.8, 4) is 11.3 Å². The highest BCUT2D eigenvalue weighted by Gasteiger charge is 2.17. The highest BCUT2D eigenvalue weighted by molar-refractivity contribution is 6.06. The van der Waals surface area contributed by atoms with Gasteiger partial charge in [-0.2, -0.15) is 0 Å². The Kier molecular flexibility index (Phi) is 2.33. The Morgan fingerprint density at radius 2 is 1.95 bits per heavy atom. The zero-order valence-corrected chi connectivity index (χ0v) is 11.1. The van der Waals surface area contributed by atoms with Gasteiger partial charge >= 0.3 is 0 Å². The van der Waals surface area contributed by atoms with Gasteiger partial charge in [0.15, 0.2) is 17.4 Å². The number of fused-ring (bicyclic) bond motifs is 3. The summed E-state index contributed by atoms with van der Waals surface area (Å²) in [5.74, 6) is 0. The van der Waals surface area contributed by atoms with Gasteiger partial charge in [-0.1, -0.05) is 6.07 Å². The monoisotopic (exact) mass is 261 g/mol. The van der Waals surface area contributed by atoms with Gasteiger partial charge in [0, 0.05) is 23.7 Å². The number of para-hydroxylation sites is 1. The minimum absolute atomic E-state index is 0.827. The first-order valence-electron chi connectivity index (χ1n) is 6.56. The zero-order valence-electron chi connectivity index (χ0n) is 11.1. The van der Waals surface area contributed by atoms with Gasteiger partial charge in [-0.25, -0.2) is 4.57 Å². The second-order valence-corrected chi connectivity index (χ2v) is 4.83. The smallest absolute Gasteiger partial charge is 0.216 e. The van der Waals surface area contributed by atoms with E-state index in [1.54, 1.807) is 6.20 Å². The van der Waals surface area contributed by atoms with Crippen LogP contribution in [0.2, 0.25) is 0 Å². The van der Waals surface area contributed by atoms with E-state index in [-0.39, 0.29) is 0 Å². The third-order valence-corrected chi connectivity index (χ3v) is 3.58. The van der Waals surface area contributed by atoms with Gasteiger partial charge in [-0.3, -0.25) is 4.98 Å². The molecule has 0 saturated carbocycles. The molecule has 0 fully saturated rings. The van der Waals surface area contributed by atoms with Crippen LogP contribution in [0, 0.1) is 0 Å². The molecule has 0 aliphatic carbocycles. The van der Waals surface area contributed by atoms with E-state index >= 15 is 0 Å². The van der Waals surface area contributed by atoms with Gasteiger partial charge < -0.3 is 4.42 Å². The summed E-state index contributed by atoms with van der Waals surface area (Å²) in [7, 11) is 2.04. The average molecular weight is 261 g/mol. The molecule has 4 aromatic rings. The predicted octanol–water partition coefficient (Wildman–Crippen LogP) is 3.47. The molecule has 3 heterocycles. The molecule has 0 atom stereocenters. The summed E-state index contributed by atoms with van der Waals surface area (Å²) in [6, 6.07) is 16.2. The minimum Gasteiger partial charge on any atom is -0.453 e. The molecule has 20 heavy (non-hydrogen) atoms. The van der Waals surface area contributed by atoms with Crippen LogP contribution in [0.1, 0.15) is 0 Å². The molecule has 96 valence electrons. The molecule has 0 aliphatic heterocycles. The first kappa shape index (κ1) is 11.2. The standard InChI is InChI=1S/C17H13N2O/c1-19-11-3-2-8-14(19)12-6-4-7-13-16-15(20-17(12)13)9-5-10-18-16/h2-11H,1H3/q+1. The number of rotatable bonds is 1. The van der Waals surface area contributed by atoms with Gasteiger partial charge in [-0.05, 0) is 30.3 Å². The first-order valence-corrected chi connectivity index (χ1v) is 6.56. The summed E-state index contributed by atoms with van der Waals surface area (Å²) < 4.78 is 8.11. The second-order valence-electron chi connectivity index (χ2n) is 4.83. The Bertz CT molecular complexity index is 924. The third-order valence-electron chi connectivity index (χ3n) is 3.58. The Balaban J connectivity index is 2.13. The second kappa shape index (κ2) is 4.17. The van der Waals surface area contributed by atoms with E-state index in [2.05, 4.69) is 27.8 Å². The lowest BCUT2D eigenvalue weighted by Crippen LogP contribution is -2.29. The topological polar surface area (TPSA) is 29.9 Å². The van der Waals surface area contributed by atoms with Crippen LogP contribution in [0.25, 0.3) is 33.3 Å². The van der Waals surface area contributed by atoms with E-state index in [0.29, 0.717) is 0 Å². The maximum Gasteiger partial charge on any atom is 0.216 e. The van der Waals surface area contributed by atoms with Crippen molar-refractivity contribution in [1.82, 2.24) is 4.98 Å². The van der Waals surface area contributed by atoms with Crippen LogP contribution in [0.4, 0.5) is 0 Å². The lowest BCUT2D eigenvalue weighted by atomic mass is 10.1. The summed E-state index contributed by atoms with van der Waals surface area (Å²) in [6.45, 7) is 0.